The van der Waals surface area contributed by atoms with Crippen LogP contribution in [-0.2, 0) is 0 Å². The molecule has 0 atom stereocenters. The molecule has 5 nitrogen and oxygen atoms in total. The van der Waals surface area contributed by atoms with E-state index in [4.69, 9.17) is 19.1 Å². The summed E-state index contributed by atoms with van der Waals surface area (Å²) in [5.41, 5.74) is 4.59. The van der Waals surface area contributed by atoms with Crippen LogP contribution in [0, 0.1) is 13.8 Å². The standard InChI is InChI=1S/C30H22N2O3S2/c1-17-26(31-28(36-17)19-10-6-4-7-11-19)24-22-16-21(34-3)14-15-23(22)35-30(33)25(24)27-18(2)37-29(32-27)20-12-8-5-9-13-20/h4-16H,1-3H3. The maximum absolute atomic E-state index is 13.6. The van der Waals surface area contributed by atoms with Gasteiger partial charge in [-0.15, -0.1) is 22.7 Å². The molecular formula is C30H22N2O3S2. The first-order valence-corrected chi connectivity index (χ1v) is 13.4. The zero-order valence-electron chi connectivity index (χ0n) is 20.4. The van der Waals surface area contributed by atoms with Crippen molar-refractivity contribution in [1.29, 1.82) is 0 Å². The van der Waals surface area contributed by atoms with Gasteiger partial charge in [0, 0.05) is 31.8 Å². The van der Waals surface area contributed by atoms with E-state index in [1.807, 2.05) is 80.6 Å². The largest absolute Gasteiger partial charge is 0.497 e. The van der Waals surface area contributed by atoms with Gasteiger partial charge in [-0.2, -0.15) is 0 Å². The Morgan fingerprint density at radius 2 is 1.27 bits per heavy atom. The summed E-state index contributed by atoms with van der Waals surface area (Å²) in [6.45, 7) is 4.02. The average molecular weight is 523 g/mol. The molecule has 0 fully saturated rings. The Morgan fingerprint density at radius 3 is 1.81 bits per heavy atom. The Labute approximate surface area is 221 Å². The first-order chi connectivity index (χ1) is 18.0. The van der Waals surface area contributed by atoms with E-state index in [2.05, 4.69) is 0 Å². The van der Waals surface area contributed by atoms with Crippen molar-refractivity contribution in [3.63, 3.8) is 0 Å². The number of nitrogens with zero attached hydrogens (tertiary/aromatic N) is 2. The second-order valence-electron chi connectivity index (χ2n) is 8.58. The second kappa shape index (κ2) is 9.42. The molecule has 0 N–H and O–H groups in total. The van der Waals surface area contributed by atoms with Crippen LogP contribution in [-0.4, -0.2) is 17.1 Å². The molecule has 0 aliphatic heterocycles. The van der Waals surface area contributed by atoms with Gasteiger partial charge in [-0.1, -0.05) is 60.7 Å². The van der Waals surface area contributed by atoms with Crippen molar-refractivity contribution in [2.45, 2.75) is 13.8 Å². The van der Waals surface area contributed by atoms with Gasteiger partial charge < -0.3 is 9.15 Å². The number of aromatic nitrogens is 2. The van der Waals surface area contributed by atoms with Crippen LogP contribution < -0.4 is 10.4 Å². The van der Waals surface area contributed by atoms with Gasteiger partial charge in [-0.25, -0.2) is 14.8 Å². The normalized spacial score (nSPS) is 11.2. The van der Waals surface area contributed by atoms with Crippen LogP contribution in [0.15, 0.2) is 88.1 Å². The van der Waals surface area contributed by atoms with Crippen LogP contribution in [0.5, 0.6) is 5.75 Å². The highest BCUT2D eigenvalue weighted by Gasteiger charge is 2.26. The number of benzene rings is 3. The molecular weight excluding hydrogens is 500 g/mol. The van der Waals surface area contributed by atoms with E-state index in [9.17, 15) is 4.79 Å². The number of methoxy groups -OCH3 is 1. The van der Waals surface area contributed by atoms with Crippen molar-refractivity contribution in [1.82, 2.24) is 9.97 Å². The van der Waals surface area contributed by atoms with E-state index in [-0.39, 0.29) is 0 Å². The minimum Gasteiger partial charge on any atom is -0.497 e. The summed E-state index contributed by atoms with van der Waals surface area (Å²) in [5, 5.41) is 2.50. The van der Waals surface area contributed by atoms with Crippen LogP contribution in [0.3, 0.4) is 0 Å². The molecule has 182 valence electrons. The summed E-state index contributed by atoms with van der Waals surface area (Å²) in [6.07, 6.45) is 0. The number of hydrogen-bond acceptors (Lipinski definition) is 7. The minimum absolute atomic E-state index is 0.421. The summed E-state index contributed by atoms with van der Waals surface area (Å²) in [7, 11) is 1.62. The highest BCUT2D eigenvalue weighted by molar-refractivity contribution is 7.15. The first-order valence-electron chi connectivity index (χ1n) is 11.7. The predicted molar refractivity (Wildman–Crippen MR) is 152 cm³/mol. The Morgan fingerprint density at radius 1 is 0.730 bits per heavy atom. The summed E-state index contributed by atoms with van der Waals surface area (Å²) in [5.74, 6) is 0.671. The number of aryl methyl sites for hydroxylation is 2. The van der Waals surface area contributed by atoms with Crippen LogP contribution in [0.1, 0.15) is 9.75 Å². The fourth-order valence-corrected chi connectivity index (χ4v) is 6.28. The highest BCUT2D eigenvalue weighted by Crippen LogP contribution is 2.43. The van der Waals surface area contributed by atoms with E-state index in [0.717, 1.165) is 42.0 Å². The minimum atomic E-state index is -0.436. The average Bonchev–Trinajstić information content (AvgIpc) is 3.51. The van der Waals surface area contributed by atoms with Gasteiger partial charge in [-0.3, -0.25) is 0 Å². The maximum atomic E-state index is 13.6. The summed E-state index contributed by atoms with van der Waals surface area (Å²) in [6, 6.07) is 25.5. The van der Waals surface area contributed by atoms with Gasteiger partial charge in [-0.05, 0) is 32.0 Å². The molecule has 3 heterocycles. The third-order valence-electron chi connectivity index (χ3n) is 6.22. The van der Waals surface area contributed by atoms with Crippen LogP contribution in [0.2, 0.25) is 0 Å². The predicted octanol–water partition coefficient (Wildman–Crippen LogP) is 8.00. The Kier molecular flexibility index (Phi) is 5.94. The molecule has 37 heavy (non-hydrogen) atoms. The van der Waals surface area contributed by atoms with E-state index < -0.39 is 5.63 Å². The van der Waals surface area contributed by atoms with Crippen LogP contribution in [0.4, 0.5) is 0 Å². The van der Waals surface area contributed by atoms with Crippen molar-refractivity contribution >= 4 is 33.6 Å². The highest BCUT2D eigenvalue weighted by atomic mass is 32.1. The van der Waals surface area contributed by atoms with Gasteiger partial charge in [0.2, 0.25) is 0 Å². The van der Waals surface area contributed by atoms with Crippen LogP contribution in [0.25, 0.3) is 54.6 Å². The van der Waals surface area contributed by atoms with Crippen molar-refractivity contribution in [2.75, 3.05) is 7.11 Å². The molecule has 3 aromatic heterocycles. The molecule has 6 rings (SSSR count). The maximum Gasteiger partial charge on any atom is 0.346 e. The van der Waals surface area contributed by atoms with Crippen molar-refractivity contribution in [3.05, 3.63) is 99.0 Å². The smallest absolute Gasteiger partial charge is 0.346 e. The lowest BCUT2D eigenvalue weighted by molar-refractivity contribution is 0.415. The van der Waals surface area contributed by atoms with Crippen molar-refractivity contribution in [2.24, 2.45) is 0 Å². The Balaban J connectivity index is 1.66. The van der Waals surface area contributed by atoms with E-state index in [1.165, 1.54) is 0 Å². The lowest BCUT2D eigenvalue weighted by Crippen LogP contribution is -2.08. The molecule has 0 radical (unpaired) electrons. The molecule has 6 aromatic rings. The summed E-state index contributed by atoms with van der Waals surface area (Å²) < 4.78 is 11.4. The van der Waals surface area contributed by atoms with Gasteiger partial charge in [0.25, 0.3) is 0 Å². The molecule has 0 amide bonds. The topological polar surface area (TPSA) is 65.2 Å². The summed E-state index contributed by atoms with van der Waals surface area (Å²) in [4.78, 5) is 25.5. The van der Waals surface area contributed by atoms with Crippen LogP contribution >= 0.6 is 22.7 Å². The zero-order chi connectivity index (χ0) is 25.5. The third-order valence-corrected chi connectivity index (χ3v) is 8.26. The van der Waals surface area contributed by atoms with Gasteiger partial charge in [0.05, 0.1) is 24.1 Å². The SMILES string of the molecule is COc1ccc2oc(=O)c(-c3nc(-c4ccccc4)sc3C)c(-c3nc(-c4ccccc4)sc3C)c2c1. The number of ether oxygens (including phenoxy) is 1. The number of fused-ring (bicyclic) bond motifs is 1. The van der Waals surface area contributed by atoms with Gasteiger partial charge in [0.1, 0.15) is 21.3 Å². The molecule has 3 aromatic carbocycles. The number of rotatable bonds is 5. The quantitative estimate of drug-likeness (QED) is 0.215. The summed E-state index contributed by atoms with van der Waals surface area (Å²) >= 11 is 3.16. The van der Waals surface area contributed by atoms with Gasteiger partial charge >= 0.3 is 5.63 Å². The third kappa shape index (κ3) is 4.16. The zero-order valence-corrected chi connectivity index (χ0v) is 22.1. The Hall–Kier alpha value is -4.07. The lowest BCUT2D eigenvalue weighted by atomic mass is 9.98. The fraction of sp³-hybridized carbons (Fsp3) is 0.100. The Bertz CT molecular complexity index is 1800. The van der Waals surface area contributed by atoms with Crippen molar-refractivity contribution < 1.29 is 9.15 Å². The molecule has 7 heteroatoms. The monoisotopic (exact) mass is 522 g/mol. The molecule has 0 saturated carbocycles. The molecule has 0 unspecified atom stereocenters. The van der Waals surface area contributed by atoms with E-state index in [0.29, 0.717) is 28.2 Å². The van der Waals surface area contributed by atoms with E-state index in [1.54, 1.807) is 41.9 Å². The first kappa shape index (κ1) is 23.3. The molecule has 0 saturated heterocycles. The fourth-order valence-electron chi connectivity index (χ4n) is 4.43. The number of hydrogen-bond donors (Lipinski definition) is 0. The molecule has 0 bridgehead atoms. The molecule has 0 aliphatic carbocycles. The number of thiazole rings is 2. The van der Waals surface area contributed by atoms with Gasteiger partial charge in [0.15, 0.2) is 0 Å². The molecule has 0 spiro atoms. The lowest BCUT2D eigenvalue weighted by Gasteiger charge is -2.11. The van der Waals surface area contributed by atoms with Crippen molar-refractivity contribution in [3.8, 4) is 49.4 Å². The molecule has 0 aliphatic rings. The second-order valence-corrected chi connectivity index (χ2v) is 11.0. The van der Waals surface area contributed by atoms with E-state index >= 15 is 0 Å².